The van der Waals surface area contributed by atoms with Gasteiger partial charge in [0.15, 0.2) is 5.78 Å². The zero-order valence-corrected chi connectivity index (χ0v) is 12.0. The molecule has 1 heterocycles. The number of methoxy groups -OCH3 is 1. The Morgan fingerprint density at radius 1 is 1.30 bits per heavy atom. The van der Waals surface area contributed by atoms with E-state index in [0.717, 1.165) is 23.7 Å². The number of carbonyl (C=O) groups is 1. The van der Waals surface area contributed by atoms with Gasteiger partial charge in [-0.05, 0) is 36.8 Å². The Bertz CT molecular complexity index is 594. The lowest BCUT2D eigenvalue weighted by atomic mass is 10.2. The van der Waals surface area contributed by atoms with E-state index < -0.39 is 0 Å². The third kappa shape index (κ3) is 3.35. The Morgan fingerprint density at radius 3 is 2.70 bits per heavy atom. The SMILES string of the molecule is COc1cccc(CN(C)c2ccc(C(C)=O)cn2)c1. The van der Waals surface area contributed by atoms with E-state index in [0.29, 0.717) is 5.56 Å². The number of Topliss-reactive ketones (excluding diaryl/α,β-unsaturated/α-hetero) is 1. The van der Waals surface area contributed by atoms with E-state index >= 15 is 0 Å². The Hall–Kier alpha value is -2.36. The van der Waals surface area contributed by atoms with Crippen LogP contribution < -0.4 is 9.64 Å². The van der Waals surface area contributed by atoms with Gasteiger partial charge in [-0.25, -0.2) is 4.98 Å². The molecule has 4 heteroatoms. The quantitative estimate of drug-likeness (QED) is 0.783. The van der Waals surface area contributed by atoms with Crippen molar-refractivity contribution in [2.24, 2.45) is 0 Å². The summed E-state index contributed by atoms with van der Waals surface area (Å²) in [6, 6.07) is 11.6. The summed E-state index contributed by atoms with van der Waals surface area (Å²) in [6.45, 7) is 2.26. The number of anilines is 1. The van der Waals surface area contributed by atoms with E-state index in [9.17, 15) is 4.79 Å². The second-order valence-electron chi connectivity index (χ2n) is 4.67. The van der Waals surface area contributed by atoms with Crippen molar-refractivity contribution >= 4 is 11.6 Å². The van der Waals surface area contributed by atoms with Gasteiger partial charge in [0.1, 0.15) is 11.6 Å². The average molecular weight is 270 g/mol. The normalized spacial score (nSPS) is 10.2. The average Bonchev–Trinajstić information content (AvgIpc) is 2.47. The van der Waals surface area contributed by atoms with Crippen LogP contribution in [-0.4, -0.2) is 24.9 Å². The van der Waals surface area contributed by atoms with Crippen molar-refractivity contribution in [1.29, 1.82) is 0 Å². The van der Waals surface area contributed by atoms with Crippen LogP contribution in [0.4, 0.5) is 5.82 Å². The van der Waals surface area contributed by atoms with E-state index in [4.69, 9.17) is 4.74 Å². The fourth-order valence-electron chi connectivity index (χ4n) is 1.95. The lowest BCUT2D eigenvalue weighted by molar-refractivity contribution is 0.101. The molecular weight excluding hydrogens is 252 g/mol. The van der Waals surface area contributed by atoms with Gasteiger partial charge in [0, 0.05) is 25.4 Å². The molecule has 0 aliphatic carbocycles. The molecule has 0 fully saturated rings. The molecule has 0 aliphatic rings. The summed E-state index contributed by atoms with van der Waals surface area (Å²) in [7, 11) is 3.63. The fraction of sp³-hybridized carbons (Fsp3) is 0.250. The Morgan fingerprint density at radius 2 is 2.10 bits per heavy atom. The number of hydrogen-bond donors (Lipinski definition) is 0. The van der Waals surface area contributed by atoms with Gasteiger partial charge in [-0.2, -0.15) is 0 Å². The van der Waals surface area contributed by atoms with Gasteiger partial charge in [0.25, 0.3) is 0 Å². The van der Waals surface area contributed by atoms with E-state index in [-0.39, 0.29) is 5.78 Å². The number of hydrogen-bond acceptors (Lipinski definition) is 4. The highest BCUT2D eigenvalue weighted by Gasteiger charge is 2.06. The van der Waals surface area contributed by atoms with Gasteiger partial charge in [-0.1, -0.05) is 12.1 Å². The molecule has 0 bridgehead atoms. The van der Waals surface area contributed by atoms with Crippen molar-refractivity contribution < 1.29 is 9.53 Å². The fourth-order valence-corrected chi connectivity index (χ4v) is 1.95. The topological polar surface area (TPSA) is 42.4 Å². The van der Waals surface area contributed by atoms with Gasteiger partial charge < -0.3 is 9.64 Å². The Labute approximate surface area is 119 Å². The molecule has 0 spiro atoms. The first-order valence-corrected chi connectivity index (χ1v) is 6.41. The molecule has 0 saturated carbocycles. The predicted molar refractivity (Wildman–Crippen MR) is 79.3 cm³/mol. The Balaban J connectivity index is 2.10. The van der Waals surface area contributed by atoms with Crippen molar-refractivity contribution in [2.75, 3.05) is 19.1 Å². The standard InChI is InChI=1S/C16H18N2O2/c1-12(19)14-7-8-16(17-10-14)18(2)11-13-5-4-6-15(9-13)20-3/h4-10H,11H2,1-3H3. The third-order valence-electron chi connectivity index (χ3n) is 3.10. The number of ether oxygens (including phenoxy) is 1. The highest BCUT2D eigenvalue weighted by atomic mass is 16.5. The molecule has 1 aromatic heterocycles. The van der Waals surface area contributed by atoms with Gasteiger partial charge in [-0.15, -0.1) is 0 Å². The summed E-state index contributed by atoms with van der Waals surface area (Å²) in [4.78, 5) is 17.6. The number of pyridine rings is 1. The minimum Gasteiger partial charge on any atom is -0.497 e. The van der Waals surface area contributed by atoms with Gasteiger partial charge >= 0.3 is 0 Å². The summed E-state index contributed by atoms with van der Waals surface area (Å²) < 4.78 is 5.21. The molecule has 0 amide bonds. The zero-order valence-electron chi connectivity index (χ0n) is 12.0. The molecule has 20 heavy (non-hydrogen) atoms. The lowest BCUT2D eigenvalue weighted by Gasteiger charge is -2.18. The summed E-state index contributed by atoms with van der Waals surface area (Å²) in [5, 5.41) is 0. The van der Waals surface area contributed by atoms with Crippen molar-refractivity contribution in [3.05, 3.63) is 53.7 Å². The van der Waals surface area contributed by atoms with E-state index in [1.807, 2.05) is 42.3 Å². The largest absolute Gasteiger partial charge is 0.497 e. The van der Waals surface area contributed by atoms with Crippen LogP contribution >= 0.6 is 0 Å². The first-order chi connectivity index (χ1) is 9.60. The first kappa shape index (κ1) is 14.1. The maximum absolute atomic E-state index is 11.2. The minimum atomic E-state index is 0.0273. The molecule has 2 rings (SSSR count). The zero-order chi connectivity index (χ0) is 14.5. The summed E-state index contributed by atoms with van der Waals surface area (Å²) in [6.07, 6.45) is 1.61. The van der Waals surface area contributed by atoms with Crippen molar-refractivity contribution in [3.63, 3.8) is 0 Å². The van der Waals surface area contributed by atoms with Crippen LogP contribution in [-0.2, 0) is 6.54 Å². The molecule has 0 saturated heterocycles. The summed E-state index contributed by atoms with van der Waals surface area (Å²) >= 11 is 0. The van der Waals surface area contributed by atoms with Gasteiger partial charge in [0.05, 0.1) is 7.11 Å². The number of rotatable bonds is 5. The van der Waals surface area contributed by atoms with Crippen molar-refractivity contribution in [2.45, 2.75) is 13.5 Å². The number of ketones is 1. The van der Waals surface area contributed by atoms with Gasteiger partial charge in [0.2, 0.25) is 0 Å². The van der Waals surface area contributed by atoms with E-state index in [1.165, 1.54) is 6.92 Å². The maximum Gasteiger partial charge on any atom is 0.161 e. The Kier molecular flexibility index (Phi) is 4.35. The van der Waals surface area contributed by atoms with Crippen LogP contribution in [0.1, 0.15) is 22.8 Å². The van der Waals surface area contributed by atoms with Crippen LogP contribution in [0.2, 0.25) is 0 Å². The van der Waals surface area contributed by atoms with Crippen LogP contribution in [0.3, 0.4) is 0 Å². The molecule has 104 valence electrons. The van der Waals surface area contributed by atoms with E-state index in [1.54, 1.807) is 19.4 Å². The maximum atomic E-state index is 11.2. The predicted octanol–water partition coefficient (Wildman–Crippen LogP) is 2.93. The number of aromatic nitrogens is 1. The van der Waals surface area contributed by atoms with E-state index in [2.05, 4.69) is 4.98 Å². The van der Waals surface area contributed by atoms with Crippen LogP contribution in [0.25, 0.3) is 0 Å². The number of carbonyl (C=O) groups excluding carboxylic acids is 1. The molecule has 2 aromatic rings. The van der Waals surface area contributed by atoms with Crippen LogP contribution in [0.15, 0.2) is 42.6 Å². The van der Waals surface area contributed by atoms with Crippen molar-refractivity contribution in [1.82, 2.24) is 4.98 Å². The smallest absolute Gasteiger partial charge is 0.161 e. The second-order valence-corrected chi connectivity index (χ2v) is 4.67. The first-order valence-electron chi connectivity index (χ1n) is 6.41. The highest BCUT2D eigenvalue weighted by molar-refractivity contribution is 5.93. The molecule has 0 N–H and O–H groups in total. The van der Waals surface area contributed by atoms with Gasteiger partial charge in [-0.3, -0.25) is 4.79 Å². The molecule has 0 unspecified atom stereocenters. The molecule has 0 radical (unpaired) electrons. The summed E-state index contributed by atoms with van der Waals surface area (Å²) in [5.41, 5.74) is 1.77. The minimum absolute atomic E-state index is 0.0273. The molecule has 1 aromatic carbocycles. The summed E-state index contributed by atoms with van der Waals surface area (Å²) in [5.74, 6) is 1.70. The molecule has 4 nitrogen and oxygen atoms in total. The molecule has 0 atom stereocenters. The van der Waals surface area contributed by atoms with Crippen molar-refractivity contribution in [3.8, 4) is 5.75 Å². The van der Waals surface area contributed by atoms with Crippen LogP contribution in [0.5, 0.6) is 5.75 Å². The molecule has 0 aliphatic heterocycles. The number of benzene rings is 1. The highest BCUT2D eigenvalue weighted by Crippen LogP contribution is 2.17. The lowest BCUT2D eigenvalue weighted by Crippen LogP contribution is -2.17. The third-order valence-corrected chi connectivity index (χ3v) is 3.10. The van der Waals surface area contributed by atoms with Crippen LogP contribution in [0, 0.1) is 0 Å². The molecular formula is C16H18N2O2. The second kappa shape index (κ2) is 6.19. The number of nitrogens with zero attached hydrogens (tertiary/aromatic N) is 2. The monoisotopic (exact) mass is 270 g/mol.